The second kappa shape index (κ2) is 7.45. The molecule has 0 bridgehead atoms. The van der Waals surface area contributed by atoms with Crippen molar-refractivity contribution in [3.05, 3.63) is 71.2 Å². The molecule has 2 aromatic carbocycles. The number of hydrogen-bond donors (Lipinski definition) is 2. The van der Waals surface area contributed by atoms with Crippen LogP contribution in [0, 0.1) is 13.8 Å². The highest BCUT2D eigenvalue weighted by Gasteiger charge is 2.16. The van der Waals surface area contributed by atoms with Crippen LogP contribution in [0.15, 0.2) is 48.9 Å². The van der Waals surface area contributed by atoms with Gasteiger partial charge in [0, 0.05) is 12.7 Å². The fraction of sp³-hybridized carbons (Fsp3) is 0.174. The van der Waals surface area contributed by atoms with Crippen LogP contribution >= 0.6 is 0 Å². The maximum atomic E-state index is 11.1. The van der Waals surface area contributed by atoms with Crippen molar-refractivity contribution in [2.24, 2.45) is 0 Å². The molecule has 0 spiro atoms. The van der Waals surface area contributed by atoms with Crippen molar-refractivity contribution in [2.75, 3.05) is 0 Å². The highest BCUT2D eigenvalue weighted by atomic mass is 16.4. The minimum atomic E-state index is -1.10. The Morgan fingerprint density at radius 3 is 2.69 bits per heavy atom. The predicted octanol–water partition coefficient (Wildman–Crippen LogP) is 3.43. The van der Waals surface area contributed by atoms with Crippen LogP contribution in [0.5, 0.6) is 5.88 Å². The van der Waals surface area contributed by atoms with Crippen LogP contribution in [-0.2, 0) is 13.0 Å². The van der Waals surface area contributed by atoms with E-state index in [1.165, 1.54) is 44.5 Å². The Balaban J connectivity index is 1.42. The number of aromatic nitrogens is 6. The monoisotopic (exact) mass is 428 g/mol. The molecule has 32 heavy (non-hydrogen) atoms. The lowest BCUT2D eigenvalue weighted by molar-refractivity contribution is 0.0697. The second-order valence-electron chi connectivity index (χ2n) is 7.74. The number of rotatable bonds is 5. The normalized spacial score (nSPS) is 11.4. The molecule has 9 heteroatoms. The zero-order chi connectivity index (χ0) is 22.4. The van der Waals surface area contributed by atoms with E-state index in [0.29, 0.717) is 17.6 Å². The third-order valence-corrected chi connectivity index (χ3v) is 5.73. The summed E-state index contributed by atoms with van der Waals surface area (Å²) >= 11 is 0. The number of aromatic hydroxyl groups is 1. The van der Waals surface area contributed by atoms with E-state index in [9.17, 15) is 9.90 Å². The summed E-state index contributed by atoms with van der Waals surface area (Å²) in [7, 11) is 0. The quantitative estimate of drug-likeness (QED) is 0.440. The number of carboxylic acid groups (broad SMARTS) is 1. The van der Waals surface area contributed by atoms with Crippen molar-refractivity contribution in [3.63, 3.8) is 0 Å². The van der Waals surface area contributed by atoms with Crippen LogP contribution in [0.4, 0.5) is 0 Å². The number of fused-ring (bicyclic) bond motifs is 2. The molecule has 0 aliphatic rings. The zero-order valence-electron chi connectivity index (χ0n) is 17.5. The fourth-order valence-electron chi connectivity index (χ4n) is 3.82. The summed E-state index contributed by atoms with van der Waals surface area (Å²) < 4.78 is 2.88. The van der Waals surface area contributed by atoms with Crippen molar-refractivity contribution < 1.29 is 15.0 Å². The van der Waals surface area contributed by atoms with Gasteiger partial charge in [0.1, 0.15) is 11.0 Å². The van der Waals surface area contributed by atoms with Crippen LogP contribution < -0.4 is 0 Å². The summed E-state index contributed by atoms with van der Waals surface area (Å²) in [5, 5.41) is 30.3. The third kappa shape index (κ3) is 3.33. The SMILES string of the molecule is Cc1ccc2cc(CCn3ncc4nc(-n5cc(C(=O)O)cn5)nc(O)c43)ccc2c1C. The van der Waals surface area contributed by atoms with E-state index >= 15 is 0 Å². The van der Waals surface area contributed by atoms with Gasteiger partial charge in [0.25, 0.3) is 5.95 Å². The first kappa shape index (κ1) is 19.7. The van der Waals surface area contributed by atoms with Gasteiger partial charge in [0.15, 0.2) is 0 Å². The maximum Gasteiger partial charge on any atom is 0.338 e. The van der Waals surface area contributed by atoms with Crippen LogP contribution in [0.3, 0.4) is 0 Å². The molecule has 0 amide bonds. The molecule has 0 saturated heterocycles. The van der Waals surface area contributed by atoms with E-state index in [2.05, 4.69) is 64.3 Å². The molecular formula is C23H20N6O3. The number of hydrogen-bond acceptors (Lipinski definition) is 6. The molecule has 0 radical (unpaired) electrons. The molecule has 2 N–H and O–H groups in total. The average molecular weight is 428 g/mol. The lowest BCUT2D eigenvalue weighted by atomic mass is 9.98. The molecule has 0 atom stereocenters. The van der Waals surface area contributed by atoms with Crippen molar-refractivity contribution in [2.45, 2.75) is 26.8 Å². The molecule has 3 heterocycles. The Morgan fingerprint density at radius 1 is 1.06 bits per heavy atom. The van der Waals surface area contributed by atoms with Crippen molar-refractivity contribution in [1.29, 1.82) is 0 Å². The largest absolute Gasteiger partial charge is 0.492 e. The first-order chi connectivity index (χ1) is 15.4. The highest BCUT2D eigenvalue weighted by molar-refractivity contribution is 5.87. The zero-order valence-corrected chi connectivity index (χ0v) is 17.5. The summed E-state index contributed by atoms with van der Waals surface area (Å²) in [4.78, 5) is 19.5. The van der Waals surface area contributed by atoms with E-state index in [1.807, 2.05) is 0 Å². The Hall–Kier alpha value is -4.27. The molecule has 160 valence electrons. The summed E-state index contributed by atoms with van der Waals surface area (Å²) in [5.74, 6) is -1.27. The van der Waals surface area contributed by atoms with E-state index in [1.54, 1.807) is 10.9 Å². The maximum absolute atomic E-state index is 11.1. The molecule has 0 aliphatic carbocycles. The molecule has 0 saturated carbocycles. The van der Waals surface area contributed by atoms with Gasteiger partial charge < -0.3 is 10.2 Å². The van der Waals surface area contributed by atoms with Gasteiger partial charge in [-0.1, -0.05) is 30.3 Å². The molecule has 3 aromatic heterocycles. The smallest absolute Gasteiger partial charge is 0.338 e. The van der Waals surface area contributed by atoms with Gasteiger partial charge >= 0.3 is 5.97 Å². The molecule has 5 rings (SSSR count). The van der Waals surface area contributed by atoms with Gasteiger partial charge in [-0.15, -0.1) is 0 Å². The van der Waals surface area contributed by atoms with Gasteiger partial charge in [-0.05, 0) is 47.7 Å². The van der Waals surface area contributed by atoms with Gasteiger partial charge in [0.05, 0.1) is 18.0 Å². The van der Waals surface area contributed by atoms with E-state index < -0.39 is 5.97 Å². The van der Waals surface area contributed by atoms with Gasteiger partial charge in [-0.2, -0.15) is 15.2 Å². The van der Waals surface area contributed by atoms with E-state index in [0.717, 1.165) is 6.42 Å². The third-order valence-electron chi connectivity index (χ3n) is 5.73. The topological polar surface area (TPSA) is 119 Å². The predicted molar refractivity (Wildman–Crippen MR) is 118 cm³/mol. The summed E-state index contributed by atoms with van der Waals surface area (Å²) in [6.45, 7) is 4.79. The number of aryl methyl sites for hydroxylation is 4. The van der Waals surface area contributed by atoms with Crippen LogP contribution in [0.2, 0.25) is 0 Å². The van der Waals surface area contributed by atoms with Gasteiger partial charge in [0.2, 0.25) is 5.88 Å². The molecule has 0 aliphatic heterocycles. The minimum Gasteiger partial charge on any atom is -0.492 e. The summed E-state index contributed by atoms with van der Waals surface area (Å²) in [6, 6.07) is 10.7. The van der Waals surface area contributed by atoms with E-state index in [-0.39, 0.29) is 17.4 Å². The second-order valence-corrected chi connectivity index (χ2v) is 7.74. The number of aromatic carboxylic acids is 1. The number of benzene rings is 2. The number of carbonyl (C=O) groups is 1. The fourth-order valence-corrected chi connectivity index (χ4v) is 3.82. The average Bonchev–Trinajstić information content (AvgIpc) is 3.43. The van der Waals surface area contributed by atoms with Gasteiger partial charge in [-0.25, -0.2) is 14.5 Å². The van der Waals surface area contributed by atoms with Crippen molar-refractivity contribution in [3.8, 4) is 11.8 Å². The standard InChI is InChI=1S/C23H20N6O3/c1-13-3-5-16-9-15(4-6-18(16)14(13)2)7-8-28-20-19(11-25-28)26-23(27-21(20)30)29-12-17(10-24-29)22(31)32/h3-6,9-12H,7-8H2,1-2H3,(H,31,32)(H,26,27,30). The Morgan fingerprint density at radius 2 is 1.91 bits per heavy atom. The first-order valence-electron chi connectivity index (χ1n) is 10.1. The lowest BCUT2D eigenvalue weighted by Crippen LogP contribution is -2.06. The van der Waals surface area contributed by atoms with Crippen LogP contribution in [0.25, 0.3) is 27.8 Å². The molecular weight excluding hydrogens is 408 g/mol. The van der Waals surface area contributed by atoms with Gasteiger partial charge in [-0.3, -0.25) is 4.68 Å². The molecule has 5 aromatic rings. The van der Waals surface area contributed by atoms with Crippen LogP contribution in [0.1, 0.15) is 27.0 Å². The molecule has 0 unspecified atom stereocenters. The highest BCUT2D eigenvalue weighted by Crippen LogP contribution is 2.25. The van der Waals surface area contributed by atoms with Crippen molar-refractivity contribution >= 4 is 27.8 Å². The summed E-state index contributed by atoms with van der Waals surface area (Å²) in [5.41, 5.74) is 4.61. The van der Waals surface area contributed by atoms with E-state index in [4.69, 9.17) is 5.11 Å². The first-order valence-corrected chi connectivity index (χ1v) is 10.1. The Labute approximate surface area is 182 Å². The Kier molecular flexibility index (Phi) is 4.58. The number of nitrogens with zero attached hydrogens (tertiary/aromatic N) is 6. The Bertz CT molecular complexity index is 1500. The van der Waals surface area contributed by atoms with Crippen LogP contribution in [-0.4, -0.2) is 45.7 Å². The minimum absolute atomic E-state index is 0.00428. The number of carboxylic acids is 1. The lowest BCUT2D eigenvalue weighted by Gasteiger charge is -2.09. The molecule has 9 nitrogen and oxygen atoms in total. The van der Waals surface area contributed by atoms with Crippen molar-refractivity contribution in [1.82, 2.24) is 29.5 Å². The summed E-state index contributed by atoms with van der Waals surface area (Å²) in [6.07, 6.45) is 4.76. The molecule has 0 fully saturated rings.